The van der Waals surface area contributed by atoms with Crippen molar-refractivity contribution >= 4 is 21.5 Å². The van der Waals surface area contributed by atoms with Crippen LogP contribution in [-0.4, -0.2) is 34.7 Å². The monoisotopic (exact) mass is 586 g/mol. The van der Waals surface area contributed by atoms with Gasteiger partial charge in [-0.25, -0.2) is 4.18 Å². The Morgan fingerprint density at radius 3 is 1.85 bits per heavy atom. The van der Waals surface area contributed by atoms with Crippen molar-refractivity contribution < 1.29 is 52.1 Å². The lowest BCUT2D eigenvalue weighted by atomic mass is 10.1. The number of halogens is 9. The van der Waals surface area contributed by atoms with Gasteiger partial charge in [0.2, 0.25) is 5.82 Å². The lowest BCUT2D eigenvalue weighted by Crippen LogP contribution is -2.32. The third kappa shape index (κ3) is 7.17. The number of fused-ring (bicyclic) bond motifs is 1. The fourth-order valence-electron chi connectivity index (χ4n) is 3.04. The zero-order valence-corrected chi connectivity index (χ0v) is 19.8. The van der Waals surface area contributed by atoms with E-state index in [1.807, 2.05) is 0 Å². The molecule has 7 nitrogen and oxygen atoms in total. The maximum absolute atomic E-state index is 12.8. The number of rotatable bonds is 4. The largest absolute Gasteiger partial charge is 0.523 e. The number of aromatic nitrogens is 3. The number of alkyl halides is 9. The Balaban J connectivity index is 0.000000216. The predicted molar refractivity (Wildman–Crippen MR) is 119 cm³/mol. The highest BCUT2D eigenvalue weighted by Gasteiger charge is 2.53. The number of pyridine rings is 1. The molecule has 210 valence electrons. The molecule has 0 aliphatic rings. The molecule has 0 fully saturated rings. The molecule has 2 aromatic heterocycles. The third-order valence-corrected chi connectivity index (χ3v) is 5.82. The molecule has 0 radical (unpaired) electrons. The fourth-order valence-corrected chi connectivity index (χ4v) is 3.62. The Bertz CT molecular complexity index is 1520. The third-order valence-electron chi connectivity index (χ3n) is 4.81. The molecular formula is C22H15F9N4O3S. The zero-order chi connectivity index (χ0) is 29.2. The Morgan fingerprint density at radius 1 is 0.769 bits per heavy atom. The van der Waals surface area contributed by atoms with Gasteiger partial charge in [-0.05, 0) is 41.0 Å². The van der Waals surface area contributed by atoms with E-state index >= 15 is 0 Å². The van der Waals surface area contributed by atoms with Gasteiger partial charge < -0.3 is 5.73 Å². The van der Waals surface area contributed by atoms with Gasteiger partial charge in [-0.3, -0.25) is 4.40 Å². The normalized spacial score (nSPS) is 13.6. The van der Waals surface area contributed by atoms with Crippen LogP contribution in [0.15, 0.2) is 72.9 Å². The smallest absolute Gasteiger partial charge is 0.399 e. The highest BCUT2D eigenvalue weighted by molar-refractivity contribution is 7.87. The van der Waals surface area contributed by atoms with E-state index in [1.54, 1.807) is 30.3 Å². The van der Waals surface area contributed by atoms with Crippen molar-refractivity contribution in [3.05, 3.63) is 84.3 Å². The first-order chi connectivity index (χ1) is 17.9. The summed E-state index contributed by atoms with van der Waals surface area (Å²) in [5, 5.41) is 6.69. The highest BCUT2D eigenvalue weighted by Crippen LogP contribution is 2.40. The van der Waals surface area contributed by atoms with E-state index in [0.717, 1.165) is 34.2 Å². The summed E-state index contributed by atoms with van der Waals surface area (Å²) in [6, 6.07) is 15.2. The van der Waals surface area contributed by atoms with E-state index in [9.17, 15) is 47.9 Å². The number of nitrogen functional groups attached to an aromatic ring is 1. The van der Waals surface area contributed by atoms with Crippen LogP contribution in [0, 0.1) is 0 Å². The molecule has 0 amide bonds. The lowest BCUT2D eigenvalue weighted by Gasteiger charge is -2.21. The molecule has 17 heteroatoms. The van der Waals surface area contributed by atoms with Crippen LogP contribution in [0.1, 0.15) is 17.5 Å². The van der Waals surface area contributed by atoms with Crippen molar-refractivity contribution in [1.29, 1.82) is 0 Å². The number of benzene rings is 2. The van der Waals surface area contributed by atoms with E-state index in [4.69, 9.17) is 5.73 Å². The molecule has 2 heterocycles. The Kier molecular flexibility index (Phi) is 8.16. The van der Waals surface area contributed by atoms with Crippen molar-refractivity contribution in [2.45, 2.75) is 24.0 Å². The second kappa shape index (κ2) is 10.7. The van der Waals surface area contributed by atoms with Crippen molar-refractivity contribution in [3.8, 4) is 11.1 Å². The van der Waals surface area contributed by atoms with Gasteiger partial charge in [0.1, 0.15) is 0 Å². The average Bonchev–Trinajstić information content (AvgIpc) is 3.27. The summed E-state index contributed by atoms with van der Waals surface area (Å²) in [5.41, 5.74) is 1.05. The number of nitrogens with zero attached hydrogens (tertiary/aromatic N) is 3. The molecular weight excluding hydrogens is 571 g/mol. The maximum Gasteiger partial charge on any atom is 0.523 e. The van der Waals surface area contributed by atoms with Crippen LogP contribution in [0.4, 0.5) is 45.2 Å². The van der Waals surface area contributed by atoms with E-state index in [1.165, 1.54) is 18.3 Å². The summed E-state index contributed by atoms with van der Waals surface area (Å²) in [7, 11) is -6.35. The molecule has 1 atom stereocenters. The molecule has 2 N–H and O–H groups in total. The van der Waals surface area contributed by atoms with Gasteiger partial charge in [0.05, 0.1) is 0 Å². The van der Waals surface area contributed by atoms with E-state index in [-0.39, 0.29) is 5.65 Å². The van der Waals surface area contributed by atoms with Crippen LogP contribution in [0.2, 0.25) is 0 Å². The van der Waals surface area contributed by atoms with Gasteiger partial charge in [-0.15, -0.1) is 10.2 Å². The number of hydrogen-bond acceptors (Lipinski definition) is 6. The first-order valence-electron chi connectivity index (χ1n) is 10.3. The standard InChI is InChI=1S/C13H9F3N4.C9H6F6O3S/c14-13(15,16)12-19-18-11-6-3-9(7-20(11)12)8-1-4-10(17)5-2-8;10-8(11,12)7(6-4-2-1-3-5-6)18-19(16,17)9(13,14)15/h1-7H,17H2;1-5,7H. The highest BCUT2D eigenvalue weighted by atomic mass is 32.2. The predicted octanol–water partition coefficient (Wildman–Crippen LogP) is 6.15. The molecule has 2 aromatic carbocycles. The zero-order valence-electron chi connectivity index (χ0n) is 19.0. The molecule has 4 rings (SSSR count). The first-order valence-corrected chi connectivity index (χ1v) is 11.7. The van der Waals surface area contributed by atoms with E-state index in [2.05, 4.69) is 14.4 Å². The minimum Gasteiger partial charge on any atom is -0.399 e. The van der Waals surface area contributed by atoms with Crippen molar-refractivity contribution in [1.82, 2.24) is 14.6 Å². The summed E-state index contributed by atoms with van der Waals surface area (Å²) in [5.74, 6) is -1.04. The van der Waals surface area contributed by atoms with Gasteiger partial charge in [0.15, 0.2) is 11.8 Å². The van der Waals surface area contributed by atoms with E-state index in [0.29, 0.717) is 11.3 Å². The van der Waals surface area contributed by atoms with Crippen LogP contribution < -0.4 is 5.73 Å². The van der Waals surface area contributed by atoms with Crippen molar-refractivity contribution in [2.75, 3.05) is 5.73 Å². The van der Waals surface area contributed by atoms with Crippen LogP contribution in [0.25, 0.3) is 16.8 Å². The first kappa shape index (κ1) is 29.7. The Morgan fingerprint density at radius 2 is 1.33 bits per heavy atom. The molecule has 0 aliphatic heterocycles. The van der Waals surface area contributed by atoms with Crippen LogP contribution >= 0.6 is 0 Å². The second-order valence-electron chi connectivity index (χ2n) is 7.62. The molecule has 0 saturated heterocycles. The maximum atomic E-state index is 12.8. The van der Waals surface area contributed by atoms with Crippen molar-refractivity contribution in [3.63, 3.8) is 0 Å². The van der Waals surface area contributed by atoms with Gasteiger partial charge >= 0.3 is 28.0 Å². The summed E-state index contributed by atoms with van der Waals surface area (Å²) >= 11 is 0. The molecule has 0 spiro atoms. The SMILES string of the molecule is Nc1ccc(-c2ccc3nnc(C(F)(F)F)n3c2)cc1.O=S(=O)(OC(c1ccccc1)C(F)(F)F)C(F)(F)F. The quantitative estimate of drug-likeness (QED) is 0.133. The average molecular weight is 586 g/mol. The second-order valence-corrected chi connectivity index (χ2v) is 9.18. The molecule has 1 unspecified atom stereocenters. The van der Waals surface area contributed by atoms with Gasteiger partial charge in [-0.1, -0.05) is 42.5 Å². The summed E-state index contributed by atoms with van der Waals surface area (Å²) in [6.45, 7) is 0. The topological polar surface area (TPSA) is 99.6 Å². The minimum absolute atomic E-state index is 0.150. The summed E-state index contributed by atoms with van der Waals surface area (Å²) in [6.07, 6.45) is -11.7. The van der Waals surface area contributed by atoms with Crippen molar-refractivity contribution in [2.24, 2.45) is 0 Å². The number of nitrogens with two attached hydrogens (primary N) is 1. The van der Waals surface area contributed by atoms with Gasteiger partial charge in [0, 0.05) is 11.9 Å². The van der Waals surface area contributed by atoms with Crippen LogP contribution in [0.5, 0.6) is 0 Å². The van der Waals surface area contributed by atoms with Gasteiger partial charge in [-0.2, -0.15) is 47.9 Å². The number of anilines is 1. The Hall–Kier alpha value is -3.86. The minimum atomic E-state index is -6.35. The van der Waals surface area contributed by atoms with Crippen LogP contribution in [-0.2, 0) is 20.5 Å². The fraction of sp³-hybridized carbons (Fsp3) is 0.182. The molecule has 0 aliphatic carbocycles. The molecule has 39 heavy (non-hydrogen) atoms. The molecule has 0 bridgehead atoms. The summed E-state index contributed by atoms with van der Waals surface area (Å²) < 4.78 is 138. The summed E-state index contributed by atoms with van der Waals surface area (Å²) in [4.78, 5) is 0. The van der Waals surface area contributed by atoms with Crippen LogP contribution in [0.3, 0.4) is 0 Å². The lowest BCUT2D eigenvalue weighted by molar-refractivity contribution is -0.200. The number of hydrogen-bond donors (Lipinski definition) is 1. The van der Waals surface area contributed by atoms with E-state index < -0.39 is 45.5 Å². The van der Waals surface area contributed by atoms with Gasteiger partial charge in [0.25, 0.3) is 0 Å². The Labute approximate surface area is 213 Å². The molecule has 0 saturated carbocycles. The molecule has 4 aromatic rings.